The molecule has 0 heterocycles. The van der Waals surface area contributed by atoms with Crippen molar-refractivity contribution in [2.75, 3.05) is 0 Å². The summed E-state index contributed by atoms with van der Waals surface area (Å²) in [6, 6.07) is 0. The SMILES string of the molecule is CCC(CC)C(=O)OC(C)(C)C. The second-order valence-electron chi connectivity index (χ2n) is 4.05. The van der Waals surface area contributed by atoms with Gasteiger partial charge in [-0.2, -0.15) is 0 Å². The van der Waals surface area contributed by atoms with Crippen LogP contribution in [0, 0.1) is 5.92 Å². The number of esters is 1. The minimum absolute atomic E-state index is 0.0625. The van der Waals surface area contributed by atoms with Gasteiger partial charge < -0.3 is 4.74 Å². The van der Waals surface area contributed by atoms with Gasteiger partial charge in [0, 0.05) is 0 Å². The van der Waals surface area contributed by atoms with Crippen molar-refractivity contribution in [1.82, 2.24) is 0 Å². The summed E-state index contributed by atoms with van der Waals surface area (Å²) < 4.78 is 5.24. The van der Waals surface area contributed by atoms with E-state index in [2.05, 4.69) is 0 Å². The number of ether oxygens (including phenoxy) is 1. The Morgan fingerprint density at radius 1 is 1.25 bits per heavy atom. The molecular weight excluding hydrogens is 152 g/mol. The maximum absolute atomic E-state index is 11.4. The van der Waals surface area contributed by atoms with E-state index in [1.54, 1.807) is 0 Å². The van der Waals surface area contributed by atoms with Crippen LogP contribution >= 0.6 is 0 Å². The average molecular weight is 172 g/mol. The Kier molecular flexibility index (Phi) is 4.29. The Hall–Kier alpha value is -0.530. The summed E-state index contributed by atoms with van der Waals surface area (Å²) in [5.41, 5.74) is -0.348. The summed E-state index contributed by atoms with van der Waals surface area (Å²) in [6.45, 7) is 9.71. The van der Waals surface area contributed by atoms with E-state index in [0.717, 1.165) is 12.8 Å². The maximum atomic E-state index is 11.4. The maximum Gasteiger partial charge on any atom is 0.309 e. The highest BCUT2D eigenvalue weighted by Crippen LogP contribution is 2.15. The average Bonchev–Trinajstić information content (AvgIpc) is 1.85. The van der Waals surface area contributed by atoms with Crippen LogP contribution in [-0.2, 0) is 9.53 Å². The van der Waals surface area contributed by atoms with E-state index < -0.39 is 0 Å². The number of hydrogen-bond donors (Lipinski definition) is 0. The number of carbonyl (C=O) groups excluding carboxylic acids is 1. The van der Waals surface area contributed by atoms with Crippen molar-refractivity contribution in [3.63, 3.8) is 0 Å². The molecule has 0 saturated carbocycles. The Morgan fingerprint density at radius 3 is 1.92 bits per heavy atom. The molecule has 0 bridgehead atoms. The molecule has 0 atom stereocenters. The van der Waals surface area contributed by atoms with Crippen LogP contribution in [0.1, 0.15) is 47.5 Å². The Morgan fingerprint density at radius 2 is 1.67 bits per heavy atom. The van der Waals surface area contributed by atoms with Crippen molar-refractivity contribution < 1.29 is 9.53 Å². The number of hydrogen-bond acceptors (Lipinski definition) is 2. The van der Waals surface area contributed by atoms with Crippen LogP contribution < -0.4 is 0 Å². The van der Waals surface area contributed by atoms with E-state index in [4.69, 9.17) is 4.74 Å². The van der Waals surface area contributed by atoms with Crippen LogP contribution in [-0.4, -0.2) is 11.6 Å². The van der Waals surface area contributed by atoms with Crippen LogP contribution in [0.3, 0.4) is 0 Å². The van der Waals surface area contributed by atoms with Crippen molar-refractivity contribution in [1.29, 1.82) is 0 Å². The van der Waals surface area contributed by atoms with Crippen molar-refractivity contribution >= 4 is 5.97 Å². The van der Waals surface area contributed by atoms with Crippen molar-refractivity contribution in [2.24, 2.45) is 5.92 Å². The monoisotopic (exact) mass is 172 g/mol. The first-order valence-corrected chi connectivity index (χ1v) is 4.63. The van der Waals surface area contributed by atoms with Crippen molar-refractivity contribution in [2.45, 2.75) is 53.1 Å². The predicted molar refractivity (Wildman–Crippen MR) is 49.9 cm³/mol. The van der Waals surface area contributed by atoms with Crippen LogP contribution in [0.2, 0.25) is 0 Å². The fourth-order valence-electron chi connectivity index (χ4n) is 1.01. The lowest BCUT2D eigenvalue weighted by atomic mass is 10.0. The first kappa shape index (κ1) is 11.5. The van der Waals surface area contributed by atoms with E-state index in [9.17, 15) is 4.79 Å². The topological polar surface area (TPSA) is 26.3 Å². The molecule has 0 radical (unpaired) electrons. The summed E-state index contributed by atoms with van der Waals surface area (Å²) in [6.07, 6.45) is 1.73. The third kappa shape index (κ3) is 4.37. The fourth-order valence-corrected chi connectivity index (χ4v) is 1.01. The van der Waals surface area contributed by atoms with Gasteiger partial charge in [-0.1, -0.05) is 13.8 Å². The first-order chi connectivity index (χ1) is 5.40. The van der Waals surface area contributed by atoms with Crippen LogP contribution in [0.5, 0.6) is 0 Å². The molecule has 0 spiro atoms. The molecule has 0 unspecified atom stereocenters. The molecule has 2 nitrogen and oxygen atoms in total. The molecule has 0 N–H and O–H groups in total. The molecule has 0 aliphatic rings. The van der Waals surface area contributed by atoms with Gasteiger partial charge in [-0.3, -0.25) is 4.79 Å². The highest BCUT2D eigenvalue weighted by atomic mass is 16.6. The summed E-state index contributed by atoms with van der Waals surface area (Å²) in [5.74, 6) is 0.0109. The van der Waals surface area contributed by atoms with E-state index in [-0.39, 0.29) is 17.5 Å². The number of carbonyl (C=O) groups is 1. The van der Waals surface area contributed by atoms with Gasteiger partial charge in [0.2, 0.25) is 0 Å². The zero-order chi connectivity index (χ0) is 9.78. The third-order valence-corrected chi connectivity index (χ3v) is 1.73. The number of rotatable bonds is 3. The van der Waals surface area contributed by atoms with Gasteiger partial charge in [0.15, 0.2) is 0 Å². The van der Waals surface area contributed by atoms with Gasteiger partial charge in [-0.15, -0.1) is 0 Å². The van der Waals surface area contributed by atoms with Gasteiger partial charge in [-0.05, 0) is 33.6 Å². The molecule has 0 amide bonds. The van der Waals surface area contributed by atoms with E-state index in [1.807, 2.05) is 34.6 Å². The Labute approximate surface area is 75.3 Å². The van der Waals surface area contributed by atoms with Gasteiger partial charge in [0.1, 0.15) is 5.60 Å². The van der Waals surface area contributed by atoms with Gasteiger partial charge >= 0.3 is 5.97 Å². The van der Waals surface area contributed by atoms with E-state index >= 15 is 0 Å². The van der Waals surface area contributed by atoms with Gasteiger partial charge in [0.05, 0.1) is 5.92 Å². The smallest absolute Gasteiger partial charge is 0.309 e. The molecule has 0 aliphatic heterocycles. The van der Waals surface area contributed by atoms with Gasteiger partial charge in [0.25, 0.3) is 0 Å². The first-order valence-electron chi connectivity index (χ1n) is 4.63. The second-order valence-corrected chi connectivity index (χ2v) is 4.05. The van der Waals surface area contributed by atoms with Crippen LogP contribution in [0.25, 0.3) is 0 Å². The highest BCUT2D eigenvalue weighted by Gasteiger charge is 2.21. The molecule has 0 aromatic carbocycles. The molecule has 72 valence electrons. The zero-order valence-corrected chi connectivity index (χ0v) is 8.81. The van der Waals surface area contributed by atoms with E-state index in [1.165, 1.54) is 0 Å². The molecule has 0 aromatic rings. The molecule has 0 saturated heterocycles. The summed E-state index contributed by atoms with van der Waals surface area (Å²) in [4.78, 5) is 11.4. The third-order valence-electron chi connectivity index (χ3n) is 1.73. The summed E-state index contributed by atoms with van der Waals surface area (Å²) >= 11 is 0. The lowest BCUT2D eigenvalue weighted by Gasteiger charge is -2.22. The molecule has 2 heteroatoms. The summed E-state index contributed by atoms with van der Waals surface area (Å²) in [5, 5.41) is 0. The van der Waals surface area contributed by atoms with E-state index in [0.29, 0.717) is 0 Å². The van der Waals surface area contributed by atoms with Crippen LogP contribution in [0.15, 0.2) is 0 Å². The molecule has 12 heavy (non-hydrogen) atoms. The lowest BCUT2D eigenvalue weighted by molar-refractivity contribution is -0.160. The largest absolute Gasteiger partial charge is 0.460 e. The Balaban J connectivity index is 4.02. The predicted octanol–water partition coefficient (Wildman–Crippen LogP) is 2.76. The molecule has 0 rings (SSSR count). The Bertz CT molecular complexity index is 140. The quantitative estimate of drug-likeness (QED) is 0.612. The highest BCUT2D eigenvalue weighted by molar-refractivity contribution is 5.72. The van der Waals surface area contributed by atoms with Gasteiger partial charge in [-0.25, -0.2) is 0 Å². The standard InChI is InChI=1S/C10H20O2/c1-6-8(7-2)9(11)12-10(3,4)5/h8H,6-7H2,1-5H3. The lowest BCUT2D eigenvalue weighted by Crippen LogP contribution is -2.28. The van der Waals surface area contributed by atoms with Crippen molar-refractivity contribution in [3.05, 3.63) is 0 Å². The van der Waals surface area contributed by atoms with Crippen LogP contribution in [0.4, 0.5) is 0 Å². The minimum atomic E-state index is -0.348. The summed E-state index contributed by atoms with van der Waals surface area (Å²) in [7, 11) is 0. The molecule has 0 aromatic heterocycles. The molecular formula is C10H20O2. The molecule has 0 fully saturated rings. The second kappa shape index (κ2) is 4.48. The molecule has 0 aliphatic carbocycles. The minimum Gasteiger partial charge on any atom is -0.460 e. The van der Waals surface area contributed by atoms with Crippen molar-refractivity contribution in [3.8, 4) is 0 Å². The fraction of sp³-hybridized carbons (Fsp3) is 0.900. The normalized spacial score (nSPS) is 11.8. The zero-order valence-electron chi connectivity index (χ0n) is 8.81.